The van der Waals surface area contributed by atoms with Gasteiger partial charge in [0.2, 0.25) is 5.88 Å². The Morgan fingerprint density at radius 3 is 2.67 bits per heavy atom. The van der Waals surface area contributed by atoms with Crippen molar-refractivity contribution in [3.05, 3.63) is 35.8 Å². The highest BCUT2D eigenvalue weighted by atomic mass is 16.5. The molecule has 0 amide bonds. The summed E-state index contributed by atoms with van der Waals surface area (Å²) in [5, 5.41) is 0. The fourth-order valence-corrected chi connectivity index (χ4v) is 1.48. The fourth-order valence-electron chi connectivity index (χ4n) is 1.48. The van der Waals surface area contributed by atoms with Crippen LogP contribution in [0.2, 0.25) is 0 Å². The number of ether oxygens (including phenoxy) is 2. The number of rotatable bonds is 3. The molecule has 18 heavy (non-hydrogen) atoms. The number of anilines is 1. The smallest absolute Gasteiger partial charge is 0.241 e. The normalized spacial score (nSPS) is 10.2. The number of aromatic nitrogens is 2. The van der Waals surface area contributed by atoms with E-state index in [1.807, 2.05) is 13.8 Å². The van der Waals surface area contributed by atoms with Crippen molar-refractivity contribution in [1.29, 1.82) is 0 Å². The van der Waals surface area contributed by atoms with Gasteiger partial charge in [-0.1, -0.05) is 0 Å². The van der Waals surface area contributed by atoms with Gasteiger partial charge in [0.1, 0.15) is 0 Å². The Kier molecular flexibility index (Phi) is 3.32. The van der Waals surface area contributed by atoms with Gasteiger partial charge in [0.05, 0.1) is 18.5 Å². The van der Waals surface area contributed by atoms with Crippen LogP contribution in [0.5, 0.6) is 17.4 Å². The molecule has 0 saturated heterocycles. The van der Waals surface area contributed by atoms with Crippen molar-refractivity contribution in [3.8, 4) is 17.4 Å². The van der Waals surface area contributed by atoms with Gasteiger partial charge in [0, 0.05) is 18.0 Å². The topological polar surface area (TPSA) is 70.3 Å². The summed E-state index contributed by atoms with van der Waals surface area (Å²) in [7, 11) is 1.57. The number of nitrogens with two attached hydrogens (primary N) is 1. The number of benzene rings is 1. The van der Waals surface area contributed by atoms with E-state index in [4.69, 9.17) is 15.2 Å². The summed E-state index contributed by atoms with van der Waals surface area (Å²) in [6, 6.07) is 5.20. The third kappa shape index (κ3) is 2.51. The number of methoxy groups -OCH3 is 1. The zero-order valence-corrected chi connectivity index (χ0v) is 10.6. The Morgan fingerprint density at radius 2 is 1.94 bits per heavy atom. The van der Waals surface area contributed by atoms with Gasteiger partial charge >= 0.3 is 0 Å². The van der Waals surface area contributed by atoms with E-state index in [-0.39, 0.29) is 0 Å². The van der Waals surface area contributed by atoms with Gasteiger partial charge in [-0.15, -0.1) is 0 Å². The van der Waals surface area contributed by atoms with Crippen LogP contribution >= 0.6 is 0 Å². The lowest BCUT2D eigenvalue weighted by atomic mass is 10.3. The summed E-state index contributed by atoms with van der Waals surface area (Å²) in [5.74, 6) is 1.60. The van der Waals surface area contributed by atoms with E-state index >= 15 is 0 Å². The average molecular weight is 245 g/mol. The molecule has 2 aromatic rings. The highest BCUT2D eigenvalue weighted by molar-refractivity contribution is 5.52. The number of hydrogen-bond acceptors (Lipinski definition) is 5. The first-order chi connectivity index (χ1) is 8.60. The molecule has 2 N–H and O–H groups in total. The standard InChI is InChI=1S/C13H15N3O2/c1-8-7-15-9(2)13(16-8)18-11-5-4-10(14)6-12(11)17-3/h4-7H,14H2,1-3H3. The van der Waals surface area contributed by atoms with Crippen LogP contribution in [0.25, 0.3) is 0 Å². The van der Waals surface area contributed by atoms with E-state index in [2.05, 4.69) is 9.97 Å². The molecule has 5 heteroatoms. The van der Waals surface area contributed by atoms with Gasteiger partial charge in [-0.25, -0.2) is 4.98 Å². The molecule has 94 valence electrons. The van der Waals surface area contributed by atoms with Gasteiger partial charge < -0.3 is 15.2 Å². The van der Waals surface area contributed by atoms with Crippen LogP contribution in [0.1, 0.15) is 11.4 Å². The molecule has 0 atom stereocenters. The van der Waals surface area contributed by atoms with E-state index in [1.165, 1.54) is 0 Å². The molecule has 1 aromatic carbocycles. The summed E-state index contributed by atoms with van der Waals surface area (Å²) in [5.41, 5.74) is 7.82. The molecule has 0 aliphatic heterocycles. The minimum absolute atomic E-state index is 0.470. The summed E-state index contributed by atoms with van der Waals surface area (Å²) in [6.07, 6.45) is 1.70. The van der Waals surface area contributed by atoms with Gasteiger partial charge in [-0.05, 0) is 26.0 Å². The fraction of sp³-hybridized carbons (Fsp3) is 0.231. The highest BCUT2D eigenvalue weighted by Gasteiger charge is 2.09. The Hall–Kier alpha value is -2.30. The third-order valence-electron chi connectivity index (χ3n) is 2.43. The quantitative estimate of drug-likeness (QED) is 0.841. The minimum Gasteiger partial charge on any atom is -0.493 e. The van der Waals surface area contributed by atoms with E-state index < -0.39 is 0 Å². The first-order valence-corrected chi connectivity index (χ1v) is 5.52. The van der Waals surface area contributed by atoms with Crippen LogP contribution < -0.4 is 15.2 Å². The first-order valence-electron chi connectivity index (χ1n) is 5.52. The SMILES string of the molecule is COc1cc(N)ccc1Oc1nc(C)cnc1C. The van der Waals surface area contributed by atoms with Crippen LogP contribution in [0, 0.1) is 13.8 Å². The van der Waals surface area contributed by atoms with Gasteiger partial charge in [0.25, 0.3) is 0 Å². The molecule has 0 saturated carbocycles. The molecule has 0 spiro atoms. The predicted octanol–water partition coefficient (Wildman–Crippen LogP) is 2.48. The number of nitrogens with zero attached hydrogens (tertiary/aromatic N) is 2. The highest BCUT2D eigenvalue weighted by Crippen LogP contribution is 2.33. The largest absolute Gasteiger partial charge is 0.493 e. The second-order valence-electron chi connectivity index (χ2n) is 3.91. The lowest BCUT2D eigenvalue weighted by Gasteiger charge is -2.11. The monoisotopic (exact) mass is 245 g/mol. The van der Waals surface area contributed by atoms with E-state index in [9.17, 15) is 0 Å². The summed E-state index contributed by atoms with van der Waals surface area (Å²) >= 11 is 0. The van der Waals surface area contributed by atoms with E-state index in [1.54, 1.807) is 31.5 Å². The van der Waals surface area contributed by atoms with E-state index in [0.717, 1.165) is 11.4 Å². The molecular weight excluding hydrogens is 230 g/mol. The van der Waals surface area contributed by atoms with Crippen molar-refractivity contribution in [2.24, 2.45) is 0 Å². The maximum Gasteiger partial charge on any atom is 0.241 e. The Morgan fingerprint density at radius 1 is 1.17 bits per heavy atom. The van der Waals surface area contributed by atoms with Gasteiger partial charge in [0.15, 0.2) is 11.5 Å². The van der Waals surface area contributed by atoms with Crippen molar-refractivity contribution >= 4 is 5.69 Å². The lowest BCUT2D eigenvalue weighted by molar-refractivity contribution is 0.372. The molecular formula is C13H15N3O2. The van der Waals surface area contributed by atoms with Crippen molar-refractivity contribution < 1.29 is 9.47 Å². The van der Waals surface area contributed by atoms with Crippen molar-refractivity contribution in [3.63, 3.8) is 0 Å². The lowest BCUT2D eigenvalue weighted by Crippen LogP contribution is -1.98. The Labute approximate surface area is 106 Å². The number of nitrogen functional groups attached to an aromatic ring is 1. The molecule has 1 aromatic heterocycles. The number of aryl methyl sites for hydroxylation is 2. The molecule has 0 aliphatic rings. The third-order valence-corrected chi connectivity index (χ3v) is 2.43. The molecule has 1 heterocycles. The predicted molar refractivity (Wildman–Crippen MR) is 69.0 cm³/mol. The van der Waals surface area contributed by atoms with Crippen LogP contribution in [-0.4, -0.2) is 17.1 Å². The van der Waals surface area contributed by atoms with Crippen molar-refractivity contribution in [2.45, 2.75) is 13.8 Å². The van der Waals surface area contributed by atoms with Crippen LogP contribution in [0.3, 0.4) is 0 Å². The second-order valence-corrected chi connectivity index (χ2v) is 3.91. The molecule has 0 bridgehead atoms. The average Bonchev–Trinajstić information content (AvgIpc) is 2.36. The minimum atomic E-state index is 0.470. The van der Waals surface area contributed by atoms with Crippen LogP contribution in [-0.2, 0) is 0 Å². The van der Waals surface area contributed by atoms with Crippen LogP contribution in [0.15, 0.2) is 24.4 Å². The van der Waals surface area contributed by atoms with Crippen molar-refractivity contribution in [2.75, 3.05) is 12.8 Å². The van der Waals surface area contributed by atoms with Crippen LogP contribution in [0.4, 0.5) is 5.69 Å². The van der Waals surface area contributed by atoms with E-state index in [0.29, 0.717) is 23.1 Å². The summed E-state index contributed by atoms with van der Waals surface area (Å²) in [6.45, 7) is 3.70. The summed E-state index contributed by atoms with van der Waals surface area (Å²) < 4.78 is 10.9. The van der Waals surface area contributed by atoms with Crippen molar-refractivity contribution in [1.82, 2.24) is 9.97 Å². The molecule has 0 radical (unpaired) electrons. The Balaban J connectivity index is 2.36. The maximum atomic E-state index is 5.71. The molecule has 0 fully saturated rings. The second kappa shape index (κ2) is 4.91. The molecule has 0 unspecified atom stereocenters. The first kappa shape index (κ1) is 12.2. The molecule has 2 rings (SSSR count). The zero-order chi connectivity index (χ0) is 13.1. The zero-order valence-electron chi connectivity index (χ0n) is 10.6. The summed E-state index contributed by atoms with van der Waals surface area (Å²) in [4.78, 5) is 8.49. The molecule has 0 aliphatic carbocycles. The van der Waals surface area contributed by atoms with Gasteiger partial charge in [-0.2, -0.15) is 0 Å². The van der Waals surface area contributed by atoms with Gasteiger partial charge in [-0.3, -0.25) is 4.98 Å². The number of hydrogen-bond donors (Lipinski definition) is 1. The Bertz CT molecular complexity index is 570. The maximum absolute atomic E-state index is 5.71. The molecule has 5 nitrogen and oxygen atoms in total.